The fourth-order valence-corrected chi connectivity index (χ4v) is 0.875. The molecule has 0 aromatic carbocycles. The molecule has 1 aliphatic rings. The highest BCUT2D eigenvalue weighted by Crippen LogP contribution is 2.32. The van der Waals surface area contributed by atoms with E-state index in [1.54, 1.807) is 6.92 Å². The van der Waals surface area contributed by atoms with E-state index in [2.05, 4.69) is 4.74 Å². The van der Waals surface area contributed by atoms with Crippen LogP contribution in [0.25, 0.3) is 0 Å². The zero-order valence-electron chi connectivity index (χ0n) is 6.84. The van der Waals surface area contributed by atoms with Crippen LogP contribution in [0.3, 0.4) is 0 Å². The van der Waals surface area contributed by atoms with Gasteiger partial charge in [0.1, 0.15) is 0 Å². The Kier molecular flexibility index (Phi) is 3.20. The fraction of sp³-hybridized carbons (Fsp3) is 0.875. The summed E-state index contributed by atoms with van der Waals surface area (Å²) >= 11 is 0. The molecule has 0 amide bonds. The van der Waals surface area contributed by atoms with Crippen molar-refractivity contribution in [2.75, 3.05) is 13.2 Å². The standard InChI is InChI=1S/C8H14O3/c1-2-10-8(9)11-6-5-7-3-4-7/h7H,2-6H2,1H3. The first-order valence-electron chi connectivity index (χ1n) is 4.12. The van der Waals surface area contributed by atoms with Crippen molar-refractivity contribution < 1.29 is 14.3 Å². The summed E-state index contributed by atoms with van der Waals surface area (Å²) in [6.07, 6.45) is 3.06. The third-order valence-electron chi connectivity index (χ3n) is 1.71. The van der Waals surface area contributed by atoms with Gasteiger partial charge in [0.25, 0.3) is 0 Å². The Hall–Kier alpha value is -0.730. The third-order valence-corrected chi connectivity index (χ3v) is 1.71. The molecule has 1 saturated carbocycles. The Labute approximate surface area is 66.7 Å². The van der Waals surface area contributed by atoms with Crippen molar-refractivity contribution in [2.24, 2.45) is 5.92 Å². The summed E-state index contributed by atoms with van der Waals surface area (Å²) in [5, 5.41) is 0. The lowest BCUT2D eigenvalue weighted by molar-refractivity contribution is 0.0573. The maximum Gasteiger partial charge on any atom is 0.508 e. The van der Waals surface area contributed by atoms with Crippen molar-refractivity contribution in [3.63, 3.8) is 0 Å². The highest BCUT2D eigenvalue weighted by Gasteiger charge is 2.21. The molecule has 0 spiro atoms. The molecule has 3 heteroatoms. The minimum atomic E-state index is -0.534. The Morgan fingerprint density at radius 2 is 2.18 bits per heavy atom. The quantitative estimate of drug-likeness (QED) is 0.587. The van der Waals surface area contributed by atoms with Crippen LogP contribution in [0.15, 0.2) is 0 Å². The average molecular weight is 158 g/mol. The van der Waals surface area contributed by atoms with Crippen molar-refractivity contribution in [2.45, 2.75) is 26.2 Å². The lowest BCUT2D eigenvalue weighted by atomic mass is 10.3. The number of hydrogen-bond donors (Lipinski definition) is 0. The van der Waals surface area contributed by atoms with Crippen LogP contribution < -0.4 is 0 Å². The smallest absolute Gasteiger partial charge is 0.435 e. The largest absolute Gasteiger partial charge is 0.508 e. The Morgan fingerprint density at radius 1 is 1.45 bits per heavy atom. The predicted molar refractivity (Wildman–Crippen MR) is 40.3 cm³/mol. The molecule has 0 bridgehead atoms. The molecule has 1 fully saturated rings. The second kappa shape index (κ2) is 4.21. The predicted octanol–water partition coefficient (Wildman–Crippen LogP) is 1.96. The van der Waals surface area contributed by atoms with Gasteiger partial charge >= 0.3 is 6.16 Å². The monoisotopic (exact) mass is 158 g/mol. The summed E-state index contributed by atoms with van der Waals surface area (Å²) < 4.78 is 9.36. The molecule has 0 heterocycles. The third kappa shape index (κ3) is 3.86. The van der Waals surface area contributed by atoms with E-state index in [4.69, 9.17) is 4.74 Å². The molecule has 0 saturated heterocycles. The molecular formula is C8H14O3. The zero-order valence-corrected chi connectivity index (χ0v) is 6.84. The summed E-state index contributed by atoms with van der Waals surface area (Å²) in [6.45, 7) is 2.67. The van der Waals surface area contributed by atoms with Gasteiger partial charge in [-0.05, 0) is 19.3 Å². The first-order valence-corrected chi connectivity index (χ1v) is 4.12. The molecule has 0 N–H and O–H groups in total. The first-order chi connectivity index (χ1) is 5.33. The number of hydrogen-bond acceptors (Lipinski definition) is 3. The molecule has 1 rings (SSSR count). The van der Waals surface area contributed by atoms with E-state index >= 15 is 0 Å². The van der Waals surface area contributed by atoms with Crippen LogP contribution >= 0.6 is 0 Å². The lowest BCUT2D eigenvalue weighted by Gasteiger charge is -2.02. The highest BCUT2D eigenvalue weighted by molar-refractivity contribution is 5.59. The van der Waals surface area contributed by atoms with Crippen LogP contribution in [0, 0.1) is 5.92 Å². The summed E-state index contributed by atoms with van der Waals surface area (Å²) in [7, 11) is 0. The summed E-state index contributed by atoms with van der Waals surface area (Å²) in [4.78, 5) is 10.6. The normalized spacial score (nSPS) is 16.1. The summed E-state index contributed by atoms with van der Waals surface area (Å²) in [6, 6.07) is 0. The van der Waals surface area contributed by atoms with E-state index < -0.39 is 6.16 Å². The van der Waals surface area contributed by atoms with Gasteiger partial charge in [-0.15, -0.1) is 0 Å². The topological polar surface area (TPSA) is 35.5 Å². The maximum absolute atomic E-state index is 10.6. The van der Waals surface area contributed by atoms with E-state index in [-0.39, 0.29) is 0 Å². The van der Waals surface area contributed by atoms with Crippen molar-refractivity contribution >= 4 is 6.16 Å². The van der Waals surface area contributed by atoms with Crippen molar-refractivity contribution in [3.8, 4) is 0 Å². The second-order valence-corrected chi connectivity index (χ2v) is 2.76. The fourth-order valence-electron chi connectivity index (χ4n) is 0.875. The van der Waals surface area contributed by atoms with Crippen LogP contribution in [0.5, 0.6) is 0 Å². The molecule has 0 radical (unpaired) electrons. The average Bonchev–Trinajstić information content (AvgIpc) is 2.72. The SMILES string of the molecule is CCOC(=O)OCCC1CC1. The molecule has 0 aliphatic heterocycles. The minimum Gasteiger partial charge on any atom is -0.435 e. The minimum absolute atomic E-state index is 0.391. The van der Waals surface area contributed by atoms with Gasteiger partial charge in [0.05, 0.1) is 13.2 Å². The molecule has 1 aliphatic carbocycles. The van der Waals surface area contributed by atoms with Crippen molar-refractivity contribution in [1.82, 2.24) is 0 Å². The number of rotatable bonds is 4. The van der Waals surface area contributed by atoms with Gasteiger partial charge in [-0.3, -0.25) is 0 Å². The van der Waals surface area contributed by atoms with E-state index in [1.807, 2.05) is 0 Å². The second-order valence-electron chi connectivity index (χ2n) is 2.76. The maximum atomic E-state index is 10.6. The molecule has 0 unspecified atom stereocenters. The van der Waals surface area contributed by atoms with Crippen LogP contribution in [-0.2, 0) is 9.47 Å². The van der Waals surface area contributed by atoms with Gasteiger partial charge in [-0.1, -0.05) is 12.8 Å². The number of carbonyl (C=O) groups excluding carboxylic acids is 1. The zero-order chi connectivity index (χ0) is 8.10. The summed E-state index contributed by atoms with van der Waals surface area (Å²) in [5.41, 5.74) is 0. The molecule has 0 aromatic heterocycles. The van der Waals surface area contributed by atoms with E-state index in [0.717, 1.165) is 12.3 Å². The van der Waals surface area contributed by atoms with Crippen LogP contribution in [0.2, 0.25) is 0 Å². The highest BCUT2D eigenvalue weighted by atomic mass is 16.7. The van der Waals surface area contributed by atoms with Gasteiger partial charge < -0.3 is 9.47 Å². The van der Waals surface area contributed by atoms with Gasteiger partial charge in [-0.25, -0.2) is 4.79 Å². The van der Waals surface area contributed by atoms with Gasteiger partial charge in [0, 0.05) is 0 Å². The molecule has 64 valence electrons. The molecular weight excluding hydrogens is 144 g/mol. The van der Waals surface area contributed by atoms with E-state index in [9.17, 15) is 4.79 Å². The molecule has 0 aromatic rings. The van der Waals surface area contributed by atoms with Crippen LogP contribution in [0.1, 0.15) is 26.2 Å². The Balaban J connectivity index is 1.88. The molecule has 0 atom stereocenters. The van der Waals surface area contributed by atoms with Crippen LogP contribution in [-0.4, -0.2) is 19.4 Å². The number of carbonyl (C=O) groups is 1. The first kappa shape index (κ1) is 8.37. The van der Waals surface area contributed by atoms with E-state index in [1.165, 1.54) is 12.8 Å². The van der Waals surface area contributed by atoms with Crippen LogP contribution in [0.4, 0.5) is 4.79 Å². The van der Waals surface area contributed by atoms with Gasteiger partial charge in [0.2, 0.25) is 0 Å². The van der Waals surface area contributed by atoms with E-state index in [0.29, 0.717) is 13.2 Å². The van der Waals surface area contributed by atoms with Gasteiger partial charge in [0.15, 0.2) is 0 Å². The number of ether oxygens (including phenoxy) is 2. The Morgan fingerprint density at radius 3 is 2.73 bits per heavy atom. The summed E-state index contributed by atoms with van der Waals surface area (Å²) in [5.74, 6) is 0.810. The van der Waals surface area contributed by atoms with Crippen molar-refractivity contribution in [1.29, 1.82) is 0 Å². The van der Waals surface area contributed by atoms with Crippen molar-refractivity contribution in [3.05, 3.63) is 0 Å². The van der Waals surface area contributed by atoms with Gasteiger partial charge in [-0.2, -0.15) is 0 Å². The molecule has 11 heavy (non-hydrogen) atoms. The lowest BCUT2D eigenvalue weighted by Crippen LogP contribution is -2.08. The molecule has 3 nitrogen and oxygen atoms in total. The Bertz CT molecular complexity index is 129.